The molecule has 0 bridgehead atoms. The van der Waals surface area contributed by atoms with E-state index in [0.29, 0.717) is 21.3 Å². The van der Waals surface area contributed by atoms with Gasteiger partial charge in [-0.05, 0) is 36.1 Å². The predicted octanol–water partition coefficient (Wildman–Crippen LogP) is 3.48. The van der Waals surface area contributed by atoms with E-state index in [1.165, 1.54) is 30.2 Å². The lowest BCUT2D eigenvalue weighted by atomic mass is 9.90. The highest BCUT2D eigenvalue weighted by atomic mass is 35.5. The topological polar surface area (TPSA) is 81.2 Å². The van der Waals surface area contributed by atoms with Gasteiger partial charge in [0.05, 0.1) is 5.02 Å². The molecule has 5 nitrogen and oxygen atoms in total. The van der Waals surface area contributed by atoms with Crippen LogP contribution >= 0.6 is 23.4 Å². The third-order valence-corrected chi connectivity index (χ3v) is 4.53. The zero-order valence-corrected chi connectivity index (χ0v) is 14.8. The van der Waals surface area contributed by atoms with Gasteiger partial charge in [0, 0.05) is 24.4 Å². The Balaban J connectivity index is 1.89. The van der Waals surface area contributed by atoms with Crippen molar-refractivity contribution in [3.8, 4) is 0 Å². The number of ketones is 1. The summed E-state index contributed by atoms with van der Waals surface area (Å²) in [4.78, 5) is 24.5. The SMILES string of the molecule is C[C@@]1(c2cc(CC(=O)c3ncc(Cl)cn3)ccc2F)C=CSC(N)=N1. The maximum absolute atomic E-state index is 14.4. The lowest BCUT2D eigenvalue weighted by Crippen LogP contribution is -2.25. The highest BCUT2D eigenvalue weighted by Gasteiger charge is 2.29. The van der Waals surface area contributed by atoms with Crippen LogP contribution in [-0.2, 0) is 12.0 Å². The fourth-order valence-corrected chi connectivity index (χ4v) is 3.28. The van der Waals surface area contributed by atoms with Gasteiger partial charge in [0.15, 0.2) is 11.0 Å². The Morgan fingerprint density at radius 2 is 2.08 bits per heavy atom. The van der Waals surface area contributed by atoms with Gasteiger partial charge in [-0.15, -0.1) is 0 Å². The highest BCUT2D eigenvalue weighted by molar-refractivity contribution is 8.16. The monoisotopic (exact) mass is 376 g/mol. The number of thioether (sulfide) groups is 1. The van der Waals surface area contributed by atoms with Crippen molar-refractivity contribution in [1.29, 1.82) is 0 Å². The largest absolute Gasteiger partial charge is 0.378 e. The van der Waals surface area contributed by atoms with E-state index < -0.39 is 11.4 Å². The van der Waals surface area contributed by atoms with Gasteiger partial charge in [-0.1, -0.05) is 29.4 Å². The molecule has 0 spiro atoms. The van der Waals surface area contributed by atoms with Gasteiger partial charge in [-0.2, -0.15) is 0 Å². The summed E-state index contributed by atoms with van der Waals surface area (Å²) < 4.78 is 14.4. The Bertz CT molecular complexity index is 885. The zero-order chi connectivity index (χ0) is 18.0. The van der Waals surface area contributed by atoms with Crippen LogP contribution in [0.2, 0.25) is 5.02 Å². The standard InChI is InChI=1S/C17H14ClFN4OS/c1-17(4-5-25-16(20)23-17)12-6-10(2-3-13(12)19)7-14(24)15-21-8-11(18)9-22-15/h2-6,8-9H,7H2,1H3,(H2,20,23)/t17-/m0/s1. The van der Waals surface area contributed by atoms with Crippen molar-refractivity contribution < 1.29 is 9.18 Å². The Morgan fingerprint density at radius 3 is 2.76 bits per heavy atom. The van der Waals surface area contributed by atoms with Crippen LogP contribution in [0.25, 0.3) is 0 Å². The Morgan fingerprint density at radius 1 is 1.36 bits per heavy atom. The summed E-state index contributed by atoms with van der Waals surface area (Å²) in [7, 11) is 0. The maximum atomic E-state index is 14.4. The summed E-state index contributed by atoms with van der Waals surface area (Å²) in [6, 6.07) is 4.51. The number of aromatic nitrogens is 2. The summed E-state index contributed by atoms with van der Waals surface area (Å²) >= 11 is 7.00. The van der Waals surface area contributed by atoms with Gasteiger partial charge in [0.1, 0.15) is 11.4 Å². The number of carbonyl (C=O) groups excluding carboxylic acids is 1. The quantitative estimate of drug-likeness (QED) is 0.826. The maximum Gasteiger partial charge on any atom is 0.204 e. The Labute approximate surface area is 153 Å². The van der Waals surface area contributed by atoms with Crippen LogP contribution in [0.5, 0.6) is 0 Å². The number of carbonyl (C=O) groups is 1. The summed E-state index contributed by atoms with van der Waals surface area (Å²) in [5.74, 6) is -0.621. The molecule has 2 N–H and O–H groups in total. The molecule has 2 heterocycles. The number of halogens is 2. The van der Waals surface area contributed by atoms with Gasteiger partial charge in [-0.25, -0.2) is 19.4 Å². The van der Waals surface area contributed by atoms with Gasteiger partial charge in [0.25, 0.3) is 0 Å². The fourth-order valence-electron chi connectivity index (χ4n) is 2.47. The van der Waals surface area contributed by atoms with Crippen molar-refractivity contribution >= 4 is 34.3 Å². The number of benzene rings is 1. The van der Waals surface area contributed by atoms with Crippen LogP contribution in [0.1, 0.15) is 28.7 Å². The molecule has 1 aliphatic heterocycles. The van der Waals surface area contributed by atoms with E-state index in [2.05, 4.69) is 15.0 Å². The van der Waals surface area contributed by atoms with E-state index in [9.17, 15) is 9.18 Å². The molecule has 2 aromatic rings. The van der Waals surface area contributed by atoms with E-state index in [-0.39, 0.29) is 18.0 Å². The van der Waals surface area contributed by atoms with Crippen LogP contribution in [0.15, 0.2) is 47.1 Å². The van der Waals surface area contributed by atoms with Crippen molar-refractivity contribution in [2.45, 2.75) is 18.9 Å². The smallest absolute Gasteiger partial charge is 0.204 e. The molecule has 1 atom stereocenters. The van der Waals surface area contributed by atoms with Gasteiger partial charge >= 0.3 is 0 Å². The van der Waals surface area contributed by atoms with E-state index >= 15 is 0 Å². The second-order valence-electron chi connectivity index (χ2n) is 5.66. The van der Waals surface area contributed by atoms with Gasteiger partial charge < -0.3 is 5.73 Å². The van der Waals surface area contributed by atoms with Crippen molar-refractivity contribution in [2.24, 2.45) is 10.7 Å². The zero-order valence-electron chi connectivity index (χ0n) is 13.2. The minimum absolute atomic E-state index is 0.0443. The average molecular weight is 377 g/mol. The summed E-state index contributed by atoms with van der Waals surface area (Å²) in [5.41, 5.74) is 5.85. The lowest BCUT2D eigenvalue weighted by molar-refractivity contribution is 0.0983. The second kappa shape index (κ2) is 6.93. The van der Waals surface area contributed by atoms with Crippen molar-refractivity contribution in [1.82, 2.24) is 9.97 Å². The van der Waals surface area contributed by atoms with Crippen molar-refractivity contribution in [2.75, 3.05) is 0 Å². The molecule has 0 saturated heterocycles. The van der Waals surface area contributed by atoms with E-state index in [4.69, 9.17) is 17.3 Å². The molecule has 3 rings (SSSR count). The van der Waals surface area contributed by atoms with Crippen LogP contribution in [-0.4, -0.2) is 20.9 Å². The molecule has 8 heteroatoms. The first-order chi connectivity index (χ1) is 11.9. The molecule has 0 saturated carbocycles. The normalized spacial score (nSPS) is 19.6. The minimum atomic E-state index is -0.907. The third kappa shape index (κ3) is 3.88. The molecule has 0 aliphatic carbocycles. The number of rotatable bonds is 4. The molecule has 0 amide bonds. The Hall–Kier alpha value is -2.25. The molecule has 25 heavy (non-hydrogen) atoms. The summed E-state index contributed by atoms with van der Waals surface area (Å²) in [6.07, 6.45) is 4.55. The number of aliphatic imine (C=N–C) groups is 1. The molecule has 128 valence electrons. The number of Topliss-reactive ketones (excluding diaryl/α,β-unsaturated/α-hetero) is 1. The van der Waals surface area contributed by atoms with Gasteiger partial charge in [0.2, 0.25) is 5.78 Å². The number of nitrogens with two attached hydrogens (primary N) is 1. The molecule has 0 fully saturated rings. The second-order valence-corrected chi connectivity index (χ2v) is 7.02. The van der Waals surface area contributed by atoms with Gasteiger partial charge in [-0.3, -0.25) is 4.79 Å². The van der Waals surface area contributed by atoms with Crippen molar-refractivity contribution in [3.05, 3.63) is 69.9 Å². The molecule has 1 aromatic heterocycles. The molecule has 0 unspecified atom stereocenters. The summed E-state index contributed by atoms with van der Waals surface area (Å²) in [5, 5.41) is 2.49. The first-order valence-electron chi connectivity index (χ1n) is 7.37. The van der Waals surface area contributed by atoms with E-state index in [1.54, 1.807) is 30.5 Å². The first kappa shape index (κ1) is 17.6. The minimum Gasteiger partial charge on any atom is -0.378 e. The average Bonchev–Trinajstić information content (AvgIpc) is 2.57. The number of hydrogen-bond donors (Lipinski definition) is 1. The van der Waals surface area contributed by atoms with E-state index in [0.717, 1.165) is 0 Å². The van der Waals surface area contributed by atoms with Crippen LogP contribution in [0.4, 0.5) is 4.39 Å². The Kier molecular flexibility index (Phi) is 4.87. The third-order valence-electron chi connectivity index (χ3n) is 3.73. The molecule has 1 aromatic carbocycles. The fraction of sp³-hybridized carbons (Fsp3) is 0.176. The number of hydrogen-bond acceptors (Lipinski definition) is 6. The number of nitrogens with zero attached hydrogens (tertiary/aromatic N) is 3. The van der Waals surface area contributed by atoms with E-state index in [1.807, 2.05) is 0 Å². The molecular weight excluding hydrogens is 363 g/mol. The molecular formula is C17H14ClFN4OS. The number of amidine groups is 1. The van der Waals surface area contributed by atoms with Crippen molar-refractivity contribution in [3.63, 3.8) is 0 Å². The molecule has 1 aliphatic rings. The highest BCUT2D eigenvalue weighted by Crippen LogP contribution is 2.34. The van der Waals surface area contributed by atoms with Crippen LogP contribution in [0, 0.1) is 5.82 Å². The summed E-state index contributed by atoms with van der Waals surface area (Å²) in [6.45, 7) is 1.77. The molecule has 0 radical (unpaired) electrons. The van der Waals surface area contributed by atoms with Crippen LogP contribution in [0.3, 0.4) is 0 Å². The lowest BCUT2D eigenvalue weighted by Gasteiger charge is -2.26. The predicted molar refractivity (Wildman–Crippen MR) is 97.2 cm³/mol. The first-order valence-corrected chi connectivity index (χ1v) is 8.62. The van der Waals surface area contributed by atoms with Crippen LogP contribution < -0.4 is 5.73 Å².